The molecular formula is C23H25ClN2O3. The molecule has 0 spiro atoms. The number of carbonyl (C=O) groups is 1. The van der Waals surface area contributed by atoms with Crippen LogP contribution in [0.3, 0.4) is 0 Å². The minimum Gasteiger partial charge on any atom is -0.451 e. The lowest BCUT2D eigenvalue weighted by Gasteiger charge is -2.29. The highest BCUT2D eigenvalue weighted by Crippen LogP contribution is 2.27. The number of halogens is 1. The van der Waals surface area contributed by atoms with Gasteiger partial charge in [0.25, 0.3) is 5.91 Å². The number of carbonyl (C=O) groups excluding carboxylic acids is 1. The number of hydrogen-bond acceptors (Lipinski definition) is 4. The van der Waals surface area contributed by atoms with Crippen LogP contribution in [-0.2, 0) is 13.1 Å². The van der Waals surface area contributed by atoms with Gasteiger partial charge in [0.2, 0.25) is 0 Å². The van der Waals surface area contributed by atoms with E-state index in [1.54, 1.807) is 12.1 Å². The first kappa shape index (κ1) is 20.0. The molecule has 5 nitrogen and oxygen atoms in total. The number of piperidine rings is 1. The van der Waals surface area contributed by atoms with Crippen LogP contribution in [0.15, 0.2) is 46.9 Å². The molecule has 0 saturated carbocycles. The second-order valence-corrected chi connectivity index (χ2v) is 8.14. The molecule has 1 fully saturated rings. The first-order valence-corrected chi connectivity index (χ1v) is 10.3. The highest BCUT2D eigenvalue weighted by Gasteiger charge is 2.18. The Morgan fingerprint density at radius 2 is 1.86 bits per heavy atom. The van der Waals surface area contributed by atoms with E-state index in [2.05, 4.69) is 22.3 Å². The second-order valence-electron chi connectivity index (χ2n) is 7.70. The van der Waals surface area contributed by atoms with Crippen molar-refractivity contribution in [2.45, 2.75) is 39.0 Å². The summed E-state index contributed by atoms with van der Waals surface area (Å²) < 4.78 is 5.72. The Balaban J connectivity index is 1.35. The number of fused-ring (bicyclic) bond motifs is 1. The van der Waals surface area contributed by atoms with E-state index in [-0.39, 0.29) is 12.0 Å². The third kappa shape index (κ3) is 4.64. The van der Waals surface area contributed by atoms with Gasteiger partial charge in [-0.05, 0) is 49.1 Å². The molecule has 1 aromatic heterocycles. The number of likely N-dealkylation sites (tertiary alicyclic amines) is 1. The first-order chi connectivity index (χ1) is 14.0. The molecule has 1 aliphatic rings. The summed E-state index contributed by atoms with van der Waals surface area (Å²) in [7, 11) is 0. The number of nitrogens with one attached hydrogen (secondary N) is 1. The lowest BCUT2D eigenvalue weighted by Crippen LogP contribution is -2.35. The van der Waals surface area contributed by atoms with E-state index >= 15 is 0 Å². The number of aliphatic hydroxyl groups excluding tert-OH is 1. The van der Waals surface area contributed by atoms with Gasteiger partial charge in [0.05, 0.1) is 6.10 Å². The number of hydrogen-bond donors (Lipinski definition) is 2. The van der Waals surface area contributed by atoms with E-state index in [1.165, 1.54) is 5.56 Å². The molecule has 2 aromatic carbocycles. The normalized spacial score (nSPS) is 15.7. The quantitative estimate of drug-likeness (QED) is 0.656. The maximum atomic E-state index is 12.6. The van der Waals surface area contributed by atoms with Gasteiger partial charge in [-0.2, -0.15) is 0 Å². The maximum Gasteiger partial charge on any atom is 0.287 e. The zero-order valence-corrected chi connectivity index (χ0v) is 17.2. The van der Waals surface area contributed by atoms with Gasteiger partial charge in [-0.25, -0.2) is 0 Å². The summed E-state index contributed by atoms with van der Waals surface area (Å²) in [4.78, 5) is 14.9. The standard InChI is InChI=1S/C23H25ClN2O3/c1-15-20-12-18(24)6-7-21(20)29-22(15)23(28)25-13-16-2-4-17(5-3-16)14-26-10-8-19(27)9-11-26/h2-7,12,19,27H,8-11,13-14H2,1H3,(H,25,28). The molecule has 0 bridgehead atoms. The van der Waals surface area contributed by atoms with Gasteiger partial charge in [-0.1, -0.05) is 35.9 Å². The summed E-state index contributed by atoms with van der Waals surface area (Å²) >= 11 is 6.04. The molecule has 3 aromatic rings. The van der Waals surface area contributed by atoms with E-state index in [0.29, 0.717) is 22.9 Å². The molecule has 29 heavy (non-hydrogen) atoms. The number of furan rings is 1. The van der Waals surface area contributed by atoms with E-state index in [0.717, 1.165) is 49.0 Å². The molecule has 1 saturated heterocycles. The maximum absolute atomic E-state index is 12.6. The van der Waals surface area contributed by atoms with Crippen LogP contribution in [0.2, 0.25) is 5.02 Å². The van der Waals surface area contributed by atoms with E-state index in [4.69, 9.17) is 16.0 Å². The van der Waals surface area contributed by atoms with Crippen LogP contribution in [0, 0.1) is 6.92 Å². The third-order valence-electron chi connectivity index (χ3n) is 5.54. The van der Waals surface area contributed by atoms with Crippen LogP contribution in [0.5, 0.6) is 0 Å². The SMILES string of the molecule is Cc1c(C(=O)NCc2ccc(CN3CCC(O)CC3)cc2)oc2ccc(Cl)cc12. The van der Waals surface area contributed by atoms with Gasteiger partial charge in [0, 0.05) is 42.2 Å². The number of nitrogens with zero attached hydrogens (tertiary/aromatic N) is 1. The molecule has 152 valence electrons. The summed E-state index contributed by atoms with van der Waals surface area (Å²) in [6.45, 7) is 5.06. The van der Waals surface area contributed by atoms with Crippen molar-refractivity contribution in [2.75, 3.05) is 13.1 Å². The number of rotatable bonds is 5. The van der Waals surface area contributed by atoms with Gasteiger partial charge in [0.1, 0.15) is 5.58 Å². The highest BCUT2D eigenvalue weighted by molar-refractivity contribution is 6.31. The molecular weight excluding hydrogens is 388 g/mol. The Kier molecular flexibility index (Phi) is 5.90. The van der Waals surface area contributed by atoms with Crippen molar-refractivity contribution >= 4 is 28.5 Å². The van der Waals surface area contributed by atoms with Crippen molar-refractivity contribution in [2.24, 2.45) is 0 Å². The van der Waals surface area contributed by atoms with Crippen LogP contribution in [0.1, 0.15) is 40.1 Å². The summed E-state index contributed by atoms with van der Waals surface area (Å²) in [5.74, 6) is 0.0944. The fourth-order valence-corrected chi connectivity index (χ4v) is 3.94. The molecule has 4 rings (SSSR count). The Bertz CT molecular complexity index is 1000. The van der Waals surface area contributed by atoms with Crippen LogP contribution in [0.25, 0.3) is 11.0 Å². The molecule has 1 aliphatic heterocycles. The molecule has 0 aliphatic carbocycles. The summed E-state index contributed by atoms with van der Waals surface area (Å²) in [6, 6.07) is 13.6. The number of aliphatic hydroxyl groups is 1. The number of amides is 1. The zero-order chi connectivity index (χ0) is 20.4. The van der Waals surface area contributed by atoms with E-state index < -0.39 is 0 Å². The van der Waals surface area contributed by atoms with Gasteiger partial charge in [-0.3, -0.25) is 9.69 Å². The monoisotopic (exact) mass is 412 g/mol. The van der Waals surface area contributed by atoms with Gasteiger partial charge < -0.3 is 14.8 Å². The third-order valence-corrected chi connectivity index (χ3v) is 5.78. The predicted molar refractivity (Wildman–Crippen MR) is 114 cm³/mol. The van der Waals surface area contributed by atoms with Crippen LogP contribution >= 0.6 is 11.6 Å². The van der Waals surface area contributed by atoms with Crippen molar-refractivity contribution in [3.05, 3.63) is 69.9 Å². The fourth-order valence-electron chi connectivity index (χ4n) is 3.77. The topological polar surface area (TPSA) is 65.7 Å². The highest BCUT2D eigenvalue weighted by atomic mass is 35.5. The fraction of sp³-hybridized carbons (Fsp3) is 0.348. The second kappa shape index (κ2) is 8.57. The Labute approximate surface area is 175 Å². The summed E-state index contributed by atoms with van der Waals surface area (Å²) in [5.41, 5.74) is 3.73. The van der Waals surface area contributed by atoms with Crippen molar-refractivity contribution in [1.29, 1.82) is 0 Å². The largest absolute Gasteiger partial charge is 0.451 e. The van der Waals surface area contributed by atoms with Crippen LogP contribution in [-0.4, -0.2) is 35.1 Å². The molecule has 1 amide bonds. The van der Waals surface area contributed by atoms with Crippen molar-refractivity contribution in [3.8, 4) is 0 Å². The molecule has 0 radical (unpaired) electrons. The molecule has 6 heteroatoms. The lowest BCUT2D eigenvalue weighted by atomic mass is 10.1. The van der Waals surface area contributed by atoms with Crippen molar-refractivity contribution in [1.82, 2.24) is 10.2 Å². The molecule has 2 heterocycles. The minimum absolute atomic E-state index is 0.149. The molecule has 2 N–H and O–H groups in total. The number of aryl methyl sites for hydroxylation is 1. The van der Waals surface area contributed by atoms with Gasteiger partial charge >= 0.3 is 0 Å². The van der Waals surface area contributed by atoms with Crippen molar-refractivity contribution < 1.29 is 14.3 Å². The Morgan fingerprint density at radius 1 is 1.17 bits per heavy atom. The van der Waals surface area contributed by atoms with Crippen molar-refractivity contribution in [3.63, 3.8) is 0 Å². The predicted octanol–water partition coefficient (Wildman–Crippen LogP) is 4.28. The van der Waals surface area contributed by atoms with Crippen LogP contribution in [0.4, 0.5) is 0 Å². The smallest absolute Gasteiger partial charge is 0.287 e. The molecule has 0 atom stereocenters. The van der Waals surface area contributed by atoms with E-state index in [9.17, 15) is 9.90 Å². The first-order valence-electron chi connectivity index (χ1n) is 9.94. The summed E-state index contributed by atoms with van der Waals surface area (Å²) in [6.07, 6.45) is 1.54. The number of benzene rings is 2. The average molecular weight is 413 g/mol. The lowest BCUT2D eigenvalue weighted by molar-refractivity contribution is 0.0792. The minimum atomic E-state index is -0.231. The van der Waals surface area contributed by atoms with Gasteiger partial charge in [0.15, 0.2) is 5.76 Å². The Morgan fingerprint density at radius 3 is 2.59 bits per heavy atom. The van der Waals surface area contributed by atoms with Gasteiger partial charge in [-0.15, -0.1) is 0 Å². The average Bonchev–Trinajstić information content (AvgIpc) is 3.05. The molecule has 0 unspecified atom stereocenters. The van der Waals surface area contributed by atoms with Crippen LogP contribution < -0.4 is 5.32 Å². The Hall–Kier alpha value is -2.34. The zero-order valence-electron chi connectivity index (χ0n) is 16.5. The summed E-state index contributed by atoms with van der Waals surface area (Å²) in [5, 5.41) is 14.0. The van der Waals surface area contributed by atoms with E-state index in [1.807, 2.05) is 25.1 Å².